The van der Waals surface area contributed by atoms with E-state index in [2.05, 4.69) is 9.71 Å². The van der Waals surface area contributed by atoms with E-state index in [0.29, 0.717) is 5.69 Å². The van der Waals surface area contributed by atoms with Crippen molar-refractivity contribution in [2.24, 2.45) is 0 Å². The first-order valence-corrected chi connectivity index (χ1v) is 8.89. The highest BCUT2D eigenvalue weighted by Crippen LogP contribution is 2.13. The fourth-order valence-corrected chi connectivity index (χ4v) is 4.87. The van der Waals surface area contributed by atoms with Crippen molar-refractivity contribution >= 4 is 25.5 Å². The molecule has 106 valence electrons. The number of pyridine rings is 1. The Morgan fingerprint density at radius 3 is 2.15 bits per heavy atom. The van der Waals surface area contributed by atoms with Gasteiger partial charge in [0.1, 0.15) is 0 Å². The van der Waals surface area contributed by atoms with Gasteiger partial charge in [0.05, 0.1) is 0 Å². The lowest BCUT2D eigenvalue weighted by Crippen LogP contribution is -2.23. The Morgan fingerprint density at radius 1 is 0.900 bits per heavy atom. The predicted octanol–water partition coefficient (Wildman–Crippen LogP) is 1.25. The van der Waals surface area contributed by atoms with Crippen LogP contribution in [-0.4, -0.2) is 26.9 Å². The molecule has 0 saturated heterocycles. The molecule has 0 aliphatic rings. The third-order valence-electron chi connectivity index (χ3n) is 2.31. The smallest absolute Gasteiger partial charge is 0.247 e. The van der Waals surface area contributed by atoms with Crippen molar-refractivity contribution in [1.29, 1.82) is 0 Å². The second kappa shape index (κ2) is 5.59. The minimum atomic E-state index is -4.02. The van der Waals surface area contributed by atoms with Crippen LogP contribution in [0.2, 0.25) is 0 Å². The summed E-state index contributed by atoms with van der Waals surface area (Å²) in [6, 6.07) is 12.4. The molecule has 0 atom stereocenters. The predicted molar refractivity (Wildman–Crippen MR) is 75.3 cm³/mol. The van der Waals surface area contributed by atoms with E-state index >= 15 is 0 Å². The van der Waals surface area contributed by atoms with Crippen LogP contribution in [0.3, 0.4) is 0 Å². The molecule has 1 aromatic heterocycles. The maximum Gasteiger partial charge on any atom is 0.247 e. The van der Waals surface area contributed by atoms with Gasteiger partial charge in [-0.1, -0.05) is 24.3 Å². The quantitative estimate of drug-likeness (QED) is 0.897. The van der Waals surface area contributed by atoms with Crippen molar-refractivity contribution in [3.05, 3.63) is 54.7 Å². The molecule has 0 amide bonds. The largest absolute Gasteiger partial charge is 0.283 e. The number of sulfone groups is 1. The lowest BCUT2D eigenvalue weighted by atomic mass is 10.3. The molecule has 2 rings (SSSR count). The van der Waals surface area contributed by atoms with E-state index in [0.717, 1.165) is 0 Å². The van der Waals surface area contributed by atoms with Gasteiger partial charge in [-0.25, -0.2) is 21.8 Å². The second-order valence-electron chi connectivity index (χ2n) is 3.98. The fraction of sp³-hybridized carbons (Fsp3) is 0.0833. The Kier molecular flexibility index (Phi) is 4.05. The van der Waals surface area contributed by atoms with Crippen LogP contribution in [0.15, 0.2) is 59.8 Å². The monoisotopic (exact) mass is 312 g/mol. The van der Waals surface area contributed by atoms with Crippen LogP contribution < -0.4 is 4.72 Å². The van der Waals surface area contributed by atoms with Gasteiger partial charge in [0.2, 0.25) is 19.9 Å². The summed E-state index contributed by atoms with van der Waals surface area (Å²) in [5.41, 5.74) is 0.309. The molecule has 0 radical (unpaired) electrons. The number of benzene rings is 1. The van der Waals surface area contributed by atoms with E-state index in [4.69, 9.17) is 0 Å². The fourth-order valence-electron chi connectivity index (χ4n) is 1.51. The molecule has 1 heterocycles. The molecule has 2 aromatic rings. The number of para-hydroxylation sites is 1. The number of nitrogens with zero attached hydrogens (tertiary/aromatic N) is 1. The van der Waals surface area contributed by atoms with Gasteiger partial charge < -0.3 is 0 Å². The highest BCUT2D eigenvalue weighted by atomic mass is 32.3. The minimum absolute atomic E-state index is 0.265. The summed E-state index contributed by atoms with van der Waals surface area (Å²) in [4.78, 5) is 3.66. The Hall–Kier alpha value is -1.93. The molecule has 1 N–H and O–H groups in total. The number of rotatable bonds is 5. The van der Waals surface area contributed by atoms with Crippen molar-refractivity contribution in [3.8, 4) is 0 Å². The number of nitrogens with one attached hydrogen (secondary N) is 1. The van der Waals surface area contributed by atoms with Gasteiger partial charge in [-0.2, -0.15) is 0 Å². The van der Waals surface area contributed by atoms with Crippen LogP contribution in [0.5, 0.6) is 0 Å². The molecule has 0 fully saturated rings. The van der Waals surface area contributed by atoms with Gasteiger partial charge in [0, 0.05) is 11.9 Å². The summed E-state index contributed by atoms with van der Waals surface area (Å²) < 4.78 is 49.9. The number of anilines is 1. The first-order chi connectivity index (χ1) is 9.39. The Morgan fingerprint density at radius 2 is 1.55 bits per heavy atom. The normalized spacial score (nSPS) is 12.0. The average Bonchev–Trinajstić information content (AvgIpc) is 2.39. The number of hydrogen-bond acceptors (Lipinski definition) is 5. The molecule has 8 heteroatoms. The molecule has 0 aliphatic carbocycles. The average molecular weight is 312 g/mol. The van der Waals surface area contributed by atoms with Crippen LogP contribution in [-0.2, 0) is 19.9 Å². The molecular weight excluding hydrogens is 300 g/mol. The van der Waals surface area contributed by atoms with Crippen LogP contribution in [0, 0.1) is 0 Å². The SMILES string of the molecule is O=S(=O)(CS(=O)(=O)c1ccccn1)Nc1ccccc1. The van der Waals surface area contributed by atoms with E-state index in [1.165, 1.54) is 30.5 Å². The van der Waals surface area contributed by atoms with Crippen LogP contribution in [0.25, 0.3) is 0 Å². The Balaban J connectivity index is 2.21. The molecule has 0 aliphatic heterocycles. The van der Waals surface area contributed by atoms with E-state index in [-0.39, 0.29) is 5.03 Å². The number of sulfonamides is 1. The maximum absolute atomic E-state index is 12.0. The van der Waals surface area contributed by atoms with Gasteiger partial charge in [-0.05, 0) is 24.3 Å². The summed E-state index contributed by atoms with van der Waals surface area (Å²) >= 11 is 0. The summed E-state index contributed by atoms with van der Waals surface area (Å²) in [6.45, 7) is 0. The Labute approximate surface area is 117 Å². The van der Waals surface area contributed by atoms with Crippen LogP contribution >= 0.6 is 0 Å². The van der Waals surface area contributed by atoms with E-state index in [1.807, 2.05) is 0 Å². The summed E-state index contributed by atoms with van der Waals surface area (Å²) in [5.74, 6) is 0. The molecule has 1 aromatic carbocycles. The zero-order valence-corrected chi connectivity index (χ0v) is 11.9. The first kappa shape index (κ1) is 14.5. The van der Waals surface area contributed by atoms with Gasteiger partial charge in [-0.3, -0.25) is 4.72 Å². The zero-order valence-electron chi connectivity index (χ0n) is 10.3. The molecule has 0 bridgehead atoms. The van der Waals surface area contributed by atoms with E-state index in [1.54, 1.807) is 24.3 Å². The highest BCUT2D eigenvalue weighted by Gasteiger charge is 2.25. The van der Waals surface area contributed by atoms with Crippen molar-refractivity contribution in [1.82, 2.24) is 4.98 Å². The van der Waals surface area contributed by atoms with Crippen molar-refractivity contribution in [2.45, 2.75) is 5.03 Å². The van der Waals surface area contributed by atoms with Gasteiger partial charge in [0.25, 0.3) is 0 Å². The molecule has 20 heavy (non-hydrogen) atoms. The summed E-state index contributed by atoms with van der Waals surface area (Å²) in [7, 11) is -8.02. The number of hydrogen-bond donors (Lipinski definition) is 1. The first-order valence-electron chi connectivity index (χ1n) is 5.58. The van der Waals surface area contributed by atoms with Gasteiger partial charge in [0.15, 0.2) is 10.1 Å². The summed E-state index contributed by atoms with van der Waals surface area (Å²) in [6.07, 6.45) is 1.30. The third-order valence-corrected chi connectivity index (χ3v) is 6.22. The lowest BCUT2D eigenvalue weighted by molar-refractivity contribution is 0.589. The number of aromatic nitrogens is 1. The molecule has 6 nitrogen and oxygen atoms in total. The van der Waals surface area contributed by atoms with Gasteiger partial charge >= 0.3 is 0 Å². The maximum atomic E-state index is 12.0. The molecule has 0 spiro atoms. The topological polar surface area (TPSA) is 93.2 Å². The van der Waals surface area contributed by atoms with Crippen LogP contribution in [0.1, 0.15) is 0 Å². The second-order valence-corrected chi connectivity index (χ2v) is 8.01. The van der Waals surface area contributed by atoms with Gasteiger partial charge in [-0.15, -0.1) is 0 Å². The highest BCUT2D eigenvalue weighted by molar-refractivity contribution is 8.08. The van der Waals surface area contributed by atoms with E-state index in [9.17, 15) is 16.8 Å². The van der Waals surface area contributed by atoms with Crippen molar-refractivity contribution < 1.29 is 16.8 Å². The van der Waals surface area contributed by atoms with E-state index < -0.39 is 24.9 Å². The lowest BCUT2D eigenvalue weighted by Gasteiger charge is -2.08. The Bertz CT molecular complexity index is 773. The molecule has 0 saturated carbocycles. The minimum Gasteiger partial charge on any atom is -0.283 e. The molecule has 0 unspecified atom stereocenters. The van der Waals surface area contributed by atoms with Crippen LogP contribution in [0.4, 0.5) is 5.69 Å². The standard InChI is InChI=1S/C12H12N2O4S2/c15-19(16,12-8-4-5-9-13-12)10-20(17,18)14-11-6-2-1-3-7-11/h1-9,14H,10H2. The molecular formula is C12H12N2O4S2. The van der Waals surface area contributed by atoms with Crippen molar-refractivity contribution in [3.63, 3.8) is 0 Å². The zero-order chi connectivity index (χ0) is 14.6. The van der Waals surface area contributed by atoms with Crippen molar-refractivity contribution in [2.75, 3.05) is 9.81 Å². The summed E-state index contributed by atoms with van der Waals surface area (Å²) in [5, 5.41) is -1.32. The third kappa shape index (κ3) is 3.78.